The first-order chi connectivity index (χ1) is 6.15. The molecule has 0 aliphatic rings. The molecule has 74 valence electrons. The van der Waals surface area contributed by atoms with Crippen LogP contribution in [0.3, 0.4) is 0 Å². The van der Waals surface area contributed by atoms with Crippen molar-refractivity contribution in [3.63, 3.8) is 0 Å². The quantitative estimate of drug-likeness (QED) is 0.746. The Morgan fingerprint density at radius 1 is 1.54 bits per heavy atom. The lowest BCUT2D eigenvalue weighted by Gasteiger charge is -2.06. The first-order valence-electron chi connectivity index (χ1n) is 4.58. The summed E-state index contributed by atoms with van der Waals surface area (Å²) >= 11 is 0. The van der Waals surface area contributed by atoms with Crippen molar-refractivity contribution >= 4 is 0 Å². The van der Waals surface area contributed by atoms with Crippen molar-refractivity contribution in [1.82, 2.24) is 0 Å². The monoisotopic (exact) mass is 183 g/mol. The maximum absolute atomic E-state index is 8.64. The molecule has 0 saturated carbocycles. The Labute approximate surface area is 78.5 Å². The second-order valence-corrected chi connectivity index (χ2v) is 3.36. The van der Waals surface area contributed by atoms with E-state index in [9.17, 15) is 0 Å². The Kier molecular flexibility index (Phi) is 3.51. The first kappa shape index (κ1) is 10.3. The summed E-state index contributed by atoms with van der Waals surface area (Å²) in [7, 11) is 0. The highest BCUT2D eigenvalue weighted by Gasteiger charge is 2.11. The zero-order chi connectivity index (χ0) is 9.84. The summed E-state index contributed by atoms with van der Waals surface area (Å²) in [5.74, 6) is 1.75. The summed E-state index contributed by atoms with van der Waals surface area (Å²) in [6.07, 6.45) is 1.49. The maximum Gasteiger partial charge on any atom is 0.121 e. The van der Waals surface area contributed by atoms with E-state index in [2.05, 4.69) is 0 Å². The molecule has 1 aromatic rings. The smallest absolute Gasteiger partial charge is 0.121 e. The predicted octanol–water partition coefficient (Wildman–Crippen LogP) is 1.67. The van der Waals surface area contributed by atoms with Gasteiger partial charge in [-0.2, -0.15) is 0 Å². The normalized spacial score (nSPS) is 13.2. The lowest BCUT2D eigenvalue weighted by atomic mass is 10.1. The van der Waals surface area contributed by atoms with Crippen LogP contribution in [0.5, 0.6) is 0 Å². The minimum Gasteiger partial charge on any atom is -0.464 e. The van der Waals surface area contributed by atoms with E-state index in [4.69, 9.17) is 15.3 Å². The molecule has 0 spiro atoms. The van der Waals surface area contributed by atoms with Gasteiger partial charge in [0.2, 0.25) is 0 Å². The van der Waals surface area contributed by atoms with Crippen LogP contribution in [-0.2, 0) is 0 Å². The molecule has 0 bridgehead atoms. The molecule has 0 unspecified atom stereocenters. The van der Waals surface area contributed by atoms with Crippen LogP contribution in [0.15, 0.2) is 10.5 Å². The van der Waals surface area contributed by atoms with Gasteiger partial charge >= 0.3 is 0 Å². The molecule has 0 radical (unpaired) electrons. The Hall–Kier alpha value is -0.800. The van der Waals surface area contributed by atoms with Gasteiger partial charge in [-0.25, -0.2) is 0 Å². The van der Waals surface area contributed by atoms with Crippen LogP contribution in [0.4, 0.5) is 0 Å². The van der Waals surface area contributed by atoms with Crippen LogP contribution < -0.4 is 5.73 Å². The number of aliphatic hydroxyl groups excluding tert-OH is 1. The highest BCUT2D eigenvalue weighted by molar-refractivity contribution is 5.20. The van der Waals surface area contributed by atoms with E-state index in [1.807, 2.05) is 19.9 Å². The molecule has 0 fully saturated rings. The molecule has 0 aliphatic carbocycles. The van der Waals surface area contributed by atoms with Gasteiger partial charge in [0.25, 0.3) is 0 Å². The molecule has 3 nitrogen and oxygen atoms in total. The summed E-state index contributed by atoms with van der Waals surface area (Å²) < 4.78 is 5.47. The first-order valence-corrected chi connectivity index (χ1v) is 4.58. The molecular weight excluding hydrogens is 166 g/mol. The van der Waals surface area contributed by atoms with Gasteiger partial charge in [-0.3, -0.25) is 0 Å². The van der Waals surface area contributed by atoms with E-state index in [0.717, 1.165) is 29.9 Å². The Morgan fingerprint density at radius 2 is 2.23 bits per heavy atom. The highest BCUT2D eigenvalue weighted by Crippen LogP contribution is 2.21. The molecule has 3 N–H and O–H groups in total. The zero-order valence-electron chi connectivity index (χ0n) is 8.21. The Morgan fingerprint density at radius 3 is 2.69 bits per heavy atom. The van der Waals surface area contributed by atoms with Crippen molar-refractivity contribution in [2.75, 3.05) is 6.61 Å². The van der Waals surface area contributed by atoms with Crippen molar-refractivity contribution in [3.8, 4) is 0 Å². The summed E-state index contributed by atoms with van der Waals surface area (Å²) in [4.78, 5) is 0. The third-order valence-corrected chi connectivity index (χ3v) is 2.22. The van der Waals surface area contributed by atoms with Crippen LogP contribution in [-0.4, -0.2) is 11.7 Å². The Bertz CT molecular complexity index is 248. The molecule has 0 amide bonds. The topological polar surface area (TPSA) is 59.4 Å². The van der Waals surface area contributed by atoms with Crippen LogP contribution in [0.25, 0.3) is 0 Å². The molecule has 0 aromatic carbocycles. The average molecular weight is 183 g/mol. The van der Waals surface area contributed by atoms with Gasteiger partial charge in [0.15, 0.2) is 0 Å². The lowest BCUT2D eigenvalue weighted by molar-refractivity contribution is 0.276. The van der Waals surface area contributed by atoms with Crippen molar-refractivity contribution in [2.45, 2.75) is 32.7 Å². The van der Waals surface area contributed by atoms with Gasteiger partial charge in [0.05, 0.1) is 6.04 Å². The van der Waals surface area contributed by atoms with Crippen LogP contribution in [0.2, 0.25) is 0 Å². The van der Waals surface area contributed by atoms with Crippen molar-refractivity contribution in [1.29, 1.82) is 0 Å². The molecule has 1 heterocycles. The number of aryl methyl sites for hydroxylation is 2. The molecule has 1 atom stereocenters. The van der Waals surface area contributed by atoms with E-state index < -0.39 is 0 Å². The lowest BCUT2D eigenvalue weighted by Crippen LogP contribution is -2.09. The summed E-state index contributed by atoms with van der Waals surface area (Å²) in [5.41, 5.74) is 6.99. The summed E-state index contributed by atoms with van der Waals surface area (Å²) in [6, 6.07) is 1.89. The van der Waals surface area contributed by atoms with Crippen molar-refractivity contribution < 1.29 is 9.52 Å². The Balaban J connectivity index is 2.60. The van der Waals surface area contributed by atoms with Gasteiger partial charge in [-0.1, -0.05) is 0 Å². The van der Waals surface area contributed by atoms with Crippen LogP contribution in [0.1, 0.15) is 36.0 Å². The fraction of sp³-hybridized carbons (Fsp3) is 0.600. The second kappa shape index (κ2) is 4.44. The minimum absolute atomic E-state index is 0.0838. The van der Waals surface area contributed by atoms with E-state index >= 15 is 0 Å². The van der Waals surface area contributed by atoms with Crippen molar-refractivity contribution in [3.05, 3.63) is 23.2 Å². The van der Waals surface area contributed by atoms with Gasteiger partial charge in [-0.05, 0) is 38.3 Å². The molecule has 0 saturated heterocycles. The standard InChI is InChI=1S/C10H17NO2/c1-7-6-10(13-8(7)2)9(11)4-3-5-12/h6,9,12H,3-5,11H2,1-2H3/t9-/m0/s1. The SMILES string of the molecule is Cc1cc([C@@H](N)CCCO)oc1C. The predicted molar refractivity (Wildman–Crippen MR) is 51.4 cm³/mol. The molecule has 3 heteroatoms. The molecule has 0 aliphatic heterocycles. The molecule has 1 aromatic heterocycles. The number of rotatable bonds is 4. The minimum atomic E-state index is -0.0838. The van der Waals surface area contributed by atoms with Gasteiger partial charge < -0.3 is 15.3 Å². The summed E-state index contributed by atoms with van der Waals surface area (Å²) in [5, 5.41) is 8.64. The number of furan rings is 1. The highest BCUT2D eigenvalue weighted by atomic mass is 16.3. The molecule has 1 rings (SSSR count). The van der Waals surface area contributed by atoms with Gasteiger partial charge in [-0.15, -0.1) is 0 Å². The van der Waals surface area contributed by atoms with E-state index in [1.165, 1.54) is 0 Å². The van der Waals surface area contributed by atoms with Crippen molar-refractivity contribution in [2.24, 2.45) is 5.73 Å². The third kappa shape index (κ3) is 2.57. The average Bonchev–Trinajstić information content (AvgIpc) is 2.43. The van der Waals surface area contributed by atoms with Crippen LogP contribution >= 0.6 is 0 Å². The largest absolute Gasteiger partial charge is 0.464 e. The fourth-order valence-corrected chi connectivity index (χ4v) is 1.24. The zero-order valence-corrected chi connectivity index (χ0v) is 8.21. The number of hydrogen-bond acceptors (Lipinski definition) is 3. The summed E-state index contributed by atoms with van der Waals surface area (Å²) in [6.45, 7) is 4.12. The van der Waals surface area contributed by atoms with E-state index in [0.29, 0.717) is 0 Å². The number of nitrogens with two attached hydrogens (primary N) is 1. The third-order valence-electron chi connectivity index (χ3n) is 2.22. The molecular formula is C10H17NO2. The van der Waals surface area contributed by atoms with Gasteiger partial charge in [0, 0.05) is 6.61 Å². The fourth-order valence-electron chi connectivity index (χ4n) is 1.24. The van der Waals surface area contributed by atoms with Crippen LogP contribution in [0, 0.1) is 13.8 Å². The van der Waals surface area contributed by atoms with E-state index in [-0.39, 0.29) is 12.6 Å². The van der Waals surface area contributed by atoms with Gasteiger partial charge in [0.1, 0.15) is 11.5 Å². The number of hydrogen-bond donors (Lipinski definition) is 2. The second-order valence-electron chi connectivity index (χ2n) is 3.36. The maximum atomic E-state index is 8.64. The molecule has 13 heavy (non-hydrogen) atoms. The number of aliphatic hydroxyl groups is 1. The van der Waals surface area contributed by atoms with E-state index in [1.54, 1.807) is 0 Å².